The minimum absolute atomic E-state index is 0.0730. The Hall–Kier alpha value is -2.77. The number of hydrogen-bond donors (Lipinski definition) is 0. The van der Waals surface area contributed by atoms with E-state index >= 15 is 0 Å². The van der Waals surface area contributed by atoms with Crippen LogP contribution in [-0.2, 0) is 0 Å². The minimum atomic E-state index is 0.0730. The van der Waals surface area contributed by atoms with Crippen molar-refractivity contribution in [3.8, 4) is 0 Å². The number of amides is 1. The Morgan fingerprint density at radius 1 is 0.919 bits per heavy atom. The van der Waals surface area contributed by atoms with Crippen LogP contribution >= 0.6 is 15.9 Å². The fourth-order valence-corrected chi connectivity index (χ4v) is 6.40. The number of para-hydroxylation sites is 1. The van der Waals surface area contributed by atoms with E-state index in [2.05, 4.69) is 97.2 Å². The summed E-state index contributed by atoms with van der Waals surface area (Å²) < 4.78 is 1.10. The Morgan fingerprint density at radius 2 is 1.54 bits per heavy atom. The first-order chi connectivity index (χ1) is 17.9. The predicted molar refractivity (Wildman–Crippen MR) is 152 cm³/mol. The zero-order valence-electron chi connectivity index (χ0n) is 22.0. The third kappa shape index (κ3) is 5.43. The lowest BCUT2D eigenvalue weighted by Crippen LogP contribution is -2.58. The molecule has 0 unspecified atom stereocenters. The summed E-state index contributed by atoms with van der Waals surface area (Å²) in [6.45, 7) is 9.86. The third-order valence-electron chi connectivity index (χ3n) is 8.28. The van der Waals surface area contributed by atoms with Gasteiger partial charge in [0.05, 0.1) is 17.0 Å². The standard InChI is InChI=1S/C30H36BrN5O/c1-22-28(23(2)33-21-32-22)29(37)34-18-14-30(3,15-19-34)35-16-12-26(13-17-35)36(25-9-5-4-6-10-25)27-11-7-8-24(31)20-27/h4-11,20-21,26H,12-19H2,1-3H3. The van der Waals surface area contributed by atoms with Crippen molar-refractivity contribution in [3.63, 3.8) is 0 Å². The maximum Gasteiger partial charge on any atom is 0.257 e. The number of anilines is 2. The number of rotatable bonds is 5. The molecular formula is C30H36BrN5O. The van der Waals surface area contributed by atoms with Gasteiger partial charge in [0.2, 0.25) is 0 Å². The van der Waals surface area contributed by atoms with Crippen LogP contribution in [0.1, 0.15) is 54.4 Å². The highest BCUT2D eigenvalue weighted by molar-refractivity contribution is 9.10. The molecule has 1 amide bonds. The Labute approximate surface area is 228 Å². The van der Waals surface area contributed by atoms with Crippen LogP contribution in [0.3, 0.4) is 0 Å². The first-order valence-electron chi connectivity index (χ1n) is 13.3. The Morgan fingerprint density at radius 3 is 2.16 bits per heavy atom. The molecule has 3 heterocycles. The second kappa shape index (κ2) is 10.9. The van der Waals surface area contributed by atoms with Gasteiger partial charge in [-0.15, -0.1) is 0 Å². The van der Waals surface area contributed by atoms with Crippen LogP contribution in [0.2, 0.25) is 0 Å². The summed E-state index contributed by atoms with van der Waals surface area (Å²) in [5, 5.41) is 0. The monoisotopic (exact) mass is 561 g/mol. The van der Waals surface area contributed by atoms with Gasteiger partial charge in [-0.3, -0.25) is 9.69 Å². The van der Waals surface area contributed by atoms with Gasteiger partial charge in [-0.05, 0) is 76.8 Å². The van der Waals surface area contributed by atoms with E-state index in [9.17, 15) is 4.79 Å². The molecule has 37 heavy (non-hydrogen) atoms. The fraction of sp³-hybridized carbons (Fsp3) is 0.433. The molecule has 6 nitrogen and oxygen atoms in total. The molecule has 0 aliphatic carbocycles. The summed E-state index contributed by atoms with van der Waals surface area (Å²) in [4.78, 5) is 29.0. The molecule has 0 radical (unpaired) electrons. The van der Waals surface area contributed by atoms with Gasteiger partial charge >= 0.3 is 0 Å². The summed E-state index contributed by atoms with van der Waals surface area (Å²) in [6, 6.07) is 19.8. The first-order valence-corrected chi connectivity index (χ1v) is 14.1. The van der Waals surface area contributed by atoms with E-state index in [0.29, 0.717) is 11.6 Å². The number of halogens is 1. The molecule has 0 saturated carbocycles. The first kappa shape index (κ1) is 25.9. The van der Waals surface area contributed by atoms with Crippen LogP contribution in [-0.4, -0.2) is 63.4 Å². The number of nitrogens with zero attached hydrogens (tertiary/aromatic N) is 5. The van der Waals surface area contributed by atoms with Gasteiger partial charge < -0.3 is 9.80 Å². The summed E-state index contributed by atoms with van der Waals surface area (Å²) in [6.07, 6.45) is 5.74. The molecule has 2 aromatic carbocycles. The summed E-state index contributed by atoms with van der Waals surface area (Å²) >= 11 is 3.66. The van der Waals surface area contributed by atoms with Gasteiger partial charge in [-0.25, -0.2) is 9.97 Å². The van der Waals surface area contributed by atoms with Crippen LogP contribution in [0.4, 0.5) is 11.4 Å². The smallest absolute Gasteiger partial charge is 0.257 e. The van der Waals surface area contributed by atoms with Crippen LogP contribution < -0.4 is 4.90 Å². The molecule has 0 N–H and O–H groups in total. The highest BCUT2D eigenvalue weighted by atomic mass is 79.9. The van der Waals surface area contributed by atoms with E-state index in [4.69, 9.17) is 0 Å². The van der Waals surface area contributed by atoms with Crippen molar-refractivity contribution in [2.75, 3.05) is 31.1 Å². The number of hydrogen-bond acceptors (Lipinski definition) is 5. The SMILES string of the molecule is Cc1ncnc(C)c1C(=O)N1CCC(C)(N2CCC(N(c3ccccc3)c3cccc(Br)c3)CC2)CC1. The van der Waals surface area contributed by atoms with Crippen molar-refractivity contribution >= 4 is 33.2 Å². The average molecular weight is 563 g/mol. The van der Waals surface area contributed by atoms with Crippen molar-refractivity contribution in [3.05, 3.63) is 82.3 Å². The number of aromatic nitrogens is 2. The summed E-state index contributed by atoms with van der Waals surface area (Å²) in [5.74, 6) is 0.0730. The van der Waals surface area contributed by atoms with Gasteiger partial charge in [0, 0.05) is 53.6 Å². The van der Waals surface area contributed by atoms with Crippen LogP contribution in [0.5, 0.6) is 0 Å². The van der Waals surface area contributed by atoms with E-state index in [1.165, 1.54) is 17.7 Å². The molecule has 0 bridgehead atoms. The normalized spacial score (nSPS) is 18.5. The number of carbonyl (C=O) groups is 1. The van der Waals surface area contributed by atoms with Crippen molar-refractivity contribution < 1.29 is 4.79 Å². The zero-order valence-corrected chi connectivity index (χ0v) is 23.6. The van der Waals surface area contributed by atoms with Crippen LogP contribution in [0.15, 0.2) is 65.4 Å². The van der Waals surface area contributed by atoms with Crippen LogP contribution in [0, 0.1) is 13.8 Å². The molecule has 0 spiro atoms. The fourth-order valence-electron chi connectivity index (χ4n) is 6.02. The maximum absolute atomic E-state index is 13.3. The highest BCUT2D eigenvalue weighted by Crippen LogP contribution is 2.37. The van der Waals surface area contributed by atoms with E-state index in [-0.39, 0.29) is 11.4 Å². The second-order valence-corrected chi connectivity index (χ2v) is 11.5. The molecule has 2 fully saturated rings. The van der Waals surface area contributed by atoms with Crippen molar-refractivity contribution in [1.29, 1.82) is 0 Å². The lowest BCUT2D eigenvalue weighted by molar-refractivity contribution is 0.0176. The second-order valence-electron chi connectivity index (χ2n) is 10.6. The van der Waals surface area contributed by atoms with Crippen molar-refractivity contribution in [2.45, 2.75) is 58.0 Å². The van der Waals surface area contributed by atoms with Crippen LogP contribution in [0.25, 0.3) is 0 Å². The molecule has 2 aliphatic rings. The Kier molecular flexibility index (Phi) is 7.63. The summed E-state index contributed by atoms with van der Waals surface area (Å²) in [5.41, 5.74) is 4.79. The van der Waals surface area contributed by atoms with E-state index in [1.54, 1.807) is 0 Å². The average Bonchev–Trinajstić information content (AvgIpc) is 2.90. The minimum Gasteiger partial charge on any atom is -0.338 e. The van der Waals surface area contributed by atoms with E-state index in [0.717, 1.165) is 67.7 Å². The van der Waals surface area contributed by atoms with Gasteiger partial charge in [-0.1, -0.05) is 40.2 Å². The van der Waals surface area contributed by atoms with E-state index < -0.39 is 0 Å². The van der Waals surface area contributed by atoms with Gasteiger partial charge in [0.25, 0.3) is 5.91 Å². The number of likely N-dealkylation sites (tertiary alicyclic amines) is 2. The number of aryl methyl sites for hydroxylation is 2. The molecule has 2 saturated heterocycles. The van der Waals surface area contributed by atoms with Crippen molar-refractivity contribution in [1.82, 2.24) is 19.8 Å². The maximum atomic E-state index is 13.3. The largest absolute Gasteiger partial charge is 0.338 e. The third-order valence-corrected chi connectivity index (χ3v) is 8.78. The van der Waals surface area contributed by atoms with Crippen molar-refractivity contribution in [2.24, 2.45) is 0 Å². The molecule has 5 rings (SSSR count). The van der Waals surface area contributed by atoms with Gasteiger partial charge in [-0.2, -0.15) is 0 Å². The highest BCUT2D eigenvalue weighted by Gasteiger charge is 2.40. The Bertz CT molecular complexity index is 1210. The molecule has 7 heteroatoms. The molecule has 3 aromatic rings. The number of piperidine rings is 2. The summed E-state index contributed by atoms with van der Waals surface area (Å²) in [7, 11) is 0. The molecule has 1 aromatic heterocycles. The topological polar surface area (TPSA) is 52.6 Å². The molecule has 194 valence electrons. The van der Waals surface area contributed by atoms with Gasteiger partial charge in [0.1, 0.15) is 6.33 Å². The molecule has 2 aliphatic heterocycles. The quantitative estimate of drug-likeness (QED) is 0.373. The number of carbonyl (C=O) groups excluding carboxylic acids is 1. The lowest BCUT2D eigenvalue weighted by atomic mass is 9.85. The zero-order chi connectivity index (χ0) is 26.0. The van der Waals surface area contributed by atoms with Gasteiger partial charge in [0.15, 0.2) is 0 Å². The van der Waals surface area contributed by atoms with E-state index in [1.807, 2.05) is 18.7 Å². The Balaban J connectivity index is 1.25. The molecule has 0 atom stereocenters. The predicted octanol–water partition coefficient (Wildman–Crippen LogP) is 6.15. The lowest BCUT2D eigenvalue weighted by Gasteiger charge is -2.50. The molecular weight excluding hydrogens is 526 g/mol. The number of benzene rings is 2.